The van der Waals surface area contributed by atoms with Gasteiger partial charge in [0.15, 0.2) is 0 Å². The van der Waals surface area contributed by atoms with Crippen molar-refractivity contribution in [2.75, 3.05) is 42.3 Å². The fourth-order valence-electron chi connectivity index (χ4n) is 3.56. The number of imide groups is 2. The predicted octanol–water partition coefficient (Wildman–Crippen LogP) is 2.77. The molecule has 3 rings (SSSR count). The first kappa shape index (κ1) is 24.6. The van der Waals surface area contributed by atoms with Crippen LogP contribution in [0.2, 0.25) is 0 Å². The van der Waals surface area contributed by atoms with Gasteiger partial charge < -0.3 is 14.7 Å². The van der Waals surface area contributed by atoms with Gasteiger partial charge in [-0.2, -0.15) is 0 Å². The zero-order chi connectivity index (χ0) is 25.0. The van der Waals surface area contributed by atoms with Crippen LogP contribution in [0.15, 0.2) is 89.6 Å². The van der Waals surface area contributed by atoms with Crippen molar-refractivity contribution in [1.82, 2.24) is 24.5 Å². The summed E-state index contributed by atoms with van der Waals surface area (Å²) in [6.45, 7) is 0.594. The number of likely N-dealkylation sites (N-methyl/N-ethyl adjacent to an activating group) is 2. The number of hydrogen-bond donors (Lipinski definition) is 0. The van der Waals surface area contributed by atoms with Gasteiger partial charge in [0.05, 0.1) is 0 Å². The summed E-state index contributed by atoms with van der Waals surface area (Å²) in [5, 5.41) is 0. The van der Waals surface area contributed by atoms with E-state index in [2.05, 4.69) is 17.0 Å². The van der Waals surface area contributed by atoms with Gasteiger partial charge in [-0.25, -0.2) is 4.79 Å². The highest BCUT2D eigenvalue weighted by molar-refractivity contribution is 6.29. The van der Waals surface area contributed by atoms with Gasteiger partial charge in [-0.05, 0) is 35.4 Å². The number of amides is 4. The van der Waals surface area contributed by atoms with Crippen molar-refractivity contribution in [3.63, 3.8) is 0 Å². The molecule has 2 aliphatic heterocycles. The summed E-state index contributed by atoms with van der Waals surface area (Å²) in [6, 6.07) is 9.42. The Morgan fingerprint density at radius 3 is 1.68 bits per heavy atom. The molecule has 1 aromatic carbocycles. The highest BCUT2D eigenvalue weighted by Crippen LogP contribution is 2.31. The third-order valence-corrected chi connectivity index (χ3v) is 5.40. The van der Waals surface area contributed by atoms with Crippen molar-refractivity contribution in [2.24, 2.45) is 0 Å². The number of benzene rings is 1. The normalized spacial score (nSPS) is 17.2. The Balaban J connectivity index is 2.20. The number of rotatable bonds is 6. The summed E-state index contributed by atoms with van der Waals surface area (Å²) in [6.07, 6.45) is 11.3. The van der Waals surface area contributed by atoms with Crippen LogP contribution < -0.4 is 0 Å². The van der Waals surface area contributed by atoms with Gasteiger partial charge in [-0.1, -0.05) is 30.3 Å². The molecule has 8 heteroatoms. The third kappa shape index (κ3) is 5.28. The largest absolute Gasteiger partial charge is 0.383 e. The van der Waals surface area contributed by atoms with E-state index in [1.54, 1.807) is 0 Å². The summed E-state index contributed by atoms with van der Waals surface area (Å²) >= 11 is 0. The first-order valence-corrected chi connectivity index (χ1v) is 10.9. The summed E-state index contributed by atoms with van der Waals surface area (Å²) < 4.78 is 0. The minimum atomic E-state index is -0.644. The van der Waals surface area contributed by atoms with Gasteiger partial charge in [0, 0.05) is 72.6 Å². The van der Waals surface area contributed by atoms with Gasteiger partial charge in [0.25, 0.3) is 11.8 Å². The first-order valence-electron chi connectivity index (χ1n) is 10.9. The summed E-state index contributed by atoms with van der Waals surface area (Å²) in [5.41, 5.74) is 3.16. The van der Waals surface area contributed by atoms with Crippen molar-refractivity contribution in [2.45, 2.75) is 6.54 Å². The molecule has 2 aliphatic rings. The van der Waals surface area contributed by atoms with E-state index in [4.69, 9.17) is 0 Å². The fraction of sp³-hybridized carbons (Fsp3) is 0.269. The fourth-order valence-corrected chi connectivity index (χ4v) is 3.56. The van der Waals surface area contributed by atoms with E-state index in [1.165, 1.54) is 14.1 Å². The first-order chi connectivity index (χ1) is 16.1. The SMILES string of the molecule is CN(C)/C=C/C1=CC(=C2C(=O)N(C)C(=O)N(C)C2=O)C=C(/C=C/N(C)C)N1Cc1ccccc1. The molecular formula is C26H31N5O3. The van der Waals surface area contributed by atoms with Crippen LogP contribution in [0.5, 0.6) is 0 Å². The standard InChI is InChI=1S/C26H31N5O3/c1-27(2)14-12-21-16-20(23-24(32)29(5)26(34)30(6)25(23)33)17-22(13-15-28(3)4)31(21)18-19-10-8-7-9-11-19/h7-17H,18H2,1-6H3/b14-12+,15-13+. The van der Waals surface area contributed by atoms with E-state index >= 15 is 0 Å². The molecule has 0 aromatic heterocycles. The van der Waals surface area contributed by atoms with Crippen molar-refractivity contribution < 1.29 is 14.4 Å². The number of barbiturate groups is 1. The number of allylic oxidation sites excluding steroid dienone is 5. The lowest BCUT2D eigenvalue weighted by Crippen LogP contribution is -2.53. The Kier molecular flexibility index (Phi) is 7.40. The highest BCUT2D eigenvalue weighted by Gasteiger charge is 2.39. The Labute approximate surface area is 201 Å². The van der Waals surface area contributed by atoms with Crippen LogP contribution in [0.4, 0.5) is 4.79 Å². The van der Waals surface area contributed by atoms with Crippen molar-refractivity contribution in [3.05, 3.63) is 95.1 Å². The van der Waals surface area contributed by atoms with E-state index in [0.29, 0.717) is 12.1 Å². The summed E-state index contributed by atoms with van der Waals surface area (Å²) in [5.74, 6) is -1.22. The van der Waals surface area contributed by atoms with Crippen LogP contribution in [-0.2, 0) is 16.1 Å². The van der Waals surface area contributed by atoms with Gasteiger partial charge >= 0.3 is 6.03 Å². The summed E-state index contributed by atoms with van der Waals surface area (Å²) in [7, 11) is 10.5. The van der Waals surface area contributed by atoms with Crippen molar-refractivity contribution >= 4 is 17.8 Å². The number of carbonyl (C=O) groups is 3. The maximum absolute atomic E-state index is 13.0. The summed E-state index contributed by atoms with van der Waals surface area (Å²) in [4.78, 5) is 46.1. The minimum absolute atomic E-state index is 0.0320. The molecule has 1 fully saturated rings. The van der Waals surface area contributed by atoms with E-state index in [0.717, 1.165) is 26.8 Å². The van der Waals surface area contributed by atoms with Gasteiger partial charge in [0.1, 0.15) is 5.57 Å². The minimum Gasteiger partial charge on any atom is -0.383 e. The van der Waals surface area contributed by atoms with Crippen LogP contribution in [0.3, 0.4) is 0 Å². The molecule has 0 spiro atoms. The molecule has 0 N–H and O–H groups in total. The molecule has 2 heterocycles. The molecule has 34 heavy (non-hydrogen) atoms. The van der Waals surface area contributed by atoms with Gasteiger partial charge in [-0.15, -0.1) is 0 Å². The Morgan fingerprint density at radius 1 is 0.765 bits per heavy atom. The second-order valence-corrected chi connectivity index (χ2v) is 8.61. The molecule has 0 unspecified atom stereocenters. The Hall–Kier alpha value is -4.07. The van der Waals surface area contributed by atoms with Crippen LogP contribution in [0.25, 0.3) is 0 Å². The van der Waals surface area contributed by atoms with E-state index in [1.807, 2.05) is 92.9 Å². The topological polar surface area (TPSA) is 67.4 Å². The lowest BCUT2D eigenvalue weighted by molar-refractivity contribution is -0.134. The molecule has 0 saturated carbocycles. The zero-order valence-corrected chi connectivity index (χ0v) is 20.5. The second-order valence-electron chi connectivity index (χ2n) is 8.61. The Morgan fingerprint density at radius 2 is 1.24 bits per heavy atom. The second kappa shape index (κ2) is 10.2. The molecular weight excluding hydrogens is 430 g/mol. The van der Waals surface area contributed by atoms with Crippen LogP contribution >= 0.6 is 0 Å². The maximum Gasteiger partial charge on any atom is 0.333 e. The molecule has 1 aromatic rings. The number of carbonyl (C=O) groups excluding carboxylic acids is 3. The maximum atomic E-state index is 13.0. The zero-order valence-electron chi connectivity index (χ0n) is 20.5. The quantitative estimate of drug-likeness (QED) is 0.480. The van der Waals surface area contributed by atoms with Crippen LogP contribution in [0.1, 0.15) is 5.56 Å². The van der Waals surface area contributed by atoms with E-state index in [-0.39, 0.29) is 5.57 Å². The Bertz CT molecular complexity index is 1060. The number of hydrogen-bond acceptors (Lipinski definition) is 6. The lowest BCUT2D eigenvalue weighted by atomic mass is 9.97. The van der Waals surface area contributed by atoms with Gasteiger partial charge in [0.2, 0.25) is 0 Å². The molecule has 8 nitrogen and oxygen atoms in total. The monoisotopic (exact) mass is 461 g/mol. The van der Waals surface area contributed by atoms with Crippen LogP contribution in [0, 0.1) is 0 Å². The van der Waals surface area contributed by atoms with E-state index in [9.17, 15) is 14.4 Å². The van der Waals surface area contributed by atoms with Crippen LogP contribution in [-0.4, -0.2) is 84.6 Å². The third-order valence-electron chi connectivity index (χ3n) is 5.40. The molecule has 0 bridgehead atoms. The number of urea groups is 1. The number of nitrogens with zero attached hydrogens (tertiary/aromatic N) is 5. The van der Waals surface area contributed by atoms with E-state index < -0.39 is 17.8 Å². The van der Waals surface area contributed by atoms with Crippen molar-refractivity contribution in [1.29, 1.82) is 0 Å². The smallest absolute Gasteiger partial charge is 0.333 e. The molecule has 1 saturated heterocycles. The highest BCUT2D eigenvalue weighted by atomic mass is 16.2. The average Bonchev–Trinajstić information content (AvgIpc) is 2.80. The van der Waals surface area contributed by atoms with Crippen molar-refractivity contribution in [3.8, 4) is 0 Å². The molecule has 0 aliphatic carbocycles. The molecule has 178 valence electrons. The molecule has 4 amide bonds. The van der Waals surface area contributed by atoms with Gasteiger partial charge in [-0.3, -0.25) is 19.4 Å². The predicted molar refractivity (Wildman–Crippen MR) is 132 cm³/mol. The average molecular weight is 462 g/mol. The molecule has 0 atom stereocenters. The molecule has 0 radical (unpaired) electrons. The lowest BCUT2D eigenvalue weighted by Gasteiger charge is -2.33.